The lowest BCUT2D eigenvalue weighted by atomic mass is 10.1. The summed E-state index contributed by atoms with van der Waals surface area (Å²) in [5.74, 6) is -1.09. The molecule has 1 aromatic rings. The fraction of sp³-hybridized carbons (Fsp3) is 0.500. The molecule has 2 atom stereocenters. The zero-order valence-electron chi connectivity index (χ0n) is 14.9. The summed E-state index contributed by atoms with van der Waals surface area (Å²) < 4.78 is 11.2. The number of aliphatic hydroxyl groups excluding tert-OH is 1. The van der Waals surface area contributed by atoms with Gasteiger partial charge in [-0.05, 0) is 32.9 Å². The minimum Gasteiger partial charge on any atom is -0.456 e. The van der Waals surface area contributed by atoms with E-state index < -0.39 is 36.4 Å². The van der Waals surface area contributed by atoms with Gasteiger partial charge in [-0.2, -0.15) is 0 Å². The van der Waals surface area contributed by atoms with Crippen molar-refractivity contribution in [2.75, 3.05) is 13.2 Å². The number of aliphatic hydroxyl groups is 1. The normalized spacial score (nSPS) is 20.0. The van der Waals surface area contributed by atoms with Crippen LogP contribution in [0.1, 0.15) is 37.6 Å². The Labute approximate surface area is 160 Å². The highest BCUT2D eigenvalue weighted by atomic mass is 79.9. The van der Waals surface area contributed by atoms with Crippen molar-refractivity contribution in [2.24, 2.45) is 0 Å². The summed E-state index contributed by atoms with van der Waals surface area (Å²) in [6.07, 6.45) is -1.50. The molecule has 1 saturated heterocycles. The summed E-state index contributed by atoms with van der Waals surface area (Å²) in [5.41, 5.74) is -0.312. The second-order valence-electron chi connectivity index (χ2n) is 7.08. The molecule has 2 rings (SSSR count). The molecule has 0 radical (unpaired) electrons. The topological polar surface area (TPSA) is 93.1 Å². The molecule has 1 aromatic carbocycles. The lowest BCUT2D eigenvalue weighted by Crippen LogP contribution is -2.44. The molecule has 1 unspecified atom stereocenters. The molecule has 1 aliphatic rings. The number of Topliss-reactive ketones (excluding diaryl/α,β-unsaturated/α-hetero) is 1. The van der Waals surface area contributed by atoms with E-state index in [1.165, 1.54) is 0 Å². The molecule has 1 heterocycles. The molecule has 0 aromatic heterocycles. The molecule has 1 aliphatic heterocycles. The minimum absolute atomic E-state index is 0.0185. The van der Waals surface area contributed by atoms with Gasteiger partial charge in [-0.25, -0.2) is 9.59 Å². The van der Waals surface area contributed by atoms with Gasteiger partial charge in [0, 0.05) is 16.5 Å². The Balaban J connectivity index is 1.97. The number of ether oxygens (including phenoxy) is 2. The van der Waals surface area contributed by atoms with Gasteiger partial charge in [0.2, 0.25) is 0 Å². The number of halogens is 1. The maximum atomic E-state index is 12.3. The van der Waals surface area contributed by atoms with E-state index in [2.05, 4.69) is 15.9 Å². The van der Waals surface area contributed by atoms with Crippen LogP contribution < -0.4 is 0 Å². The predicted octanol–water partition coefficient (Wildman–Crippen LogP) is 2.55. The second kappa shape index (κ2) is 8.18. The number of esters is 1. The van der Waals surface area contributed by atoms with Crippen molar-refractivity contribution in [1.29, 1.82) is 0 Å². The first-order valence-electron chi connectivity index (χ1n) is 8.20. The lowest BCUT2D eigenvalue weighted by Gasteiger charge is -2.27. The smallest absolute Gasteiger partial charge is 0.411 e. The predicted molar refractivity (Wildman–Crippen MR) is 96.8 cm³/mol. The number of carbonyl (C=O) groups excluding carboxylic acids is 3. The maximum absolute atomic E-state index is 12.3. The first kappa shape index (κ1) is 20.4. The van der Waals surface area contributed by atoms with Crippen molar-refractivity contribution in [3.05, 3.63) is 34.3 Å². The monoisotopic (exact) mass is 427 g/mol. The van der Waals surface area contributed by atoms with Crippen LogP contribution in [-0.2, 0) is 14.3 Å². The first-order chi connectivity index (χ1) is 12.1. The van der Waals surface area contributed by atoms with Crippen LogP contribution in [0.25, 0.3) is 0 Å². The maximum Gasteiger partial charge on any atom is 0.411 e. The number of hydrogen-bond acceptors (Lipinski definition) is 6. The zero-order valence-corrected chi connectivity index (χ0v) is 16.5. The Morgan fingerprint density at radius 3 is 2.42 bits per heavy atom. The van der Waals surface area contributed by atoms with Crippen LogP contribution in [-0.4, -0.2) is 58.8 Å². The van der Waals surface area contributed by atoms with Crippen molar-refractivity contribution in [1.82, 2.24) is 4.90 Å². The third-order valence-corrected chi connectivity index (χ3v) is 4.22. The summed E-state index contributed by atoms with van der Waals surface area (Å²) in [6, 6.07) is 5.69. The lowest BCUT2D eigenvalue weighted by molar-refractivity contribution is -0.147. The Morgan fingerprint density at radius 2 is 1.85 bits per heavy atom. The molecule has 142 valence electrons. The second-order valence-corrected chi connectivity index (χ2v) is 7.99. The van der Waals surface area contributed by atoms with Gasteiger partial charge in [0.05, 0.1) is 12.6 Å². The van der Waals surface area contributed by atoms with Gasteiger partial charge < -0.3 is 14.6 Å². The zero-order chi connectivity index (χ0) is 19.5. The molecule has 1 fully saturated rings. The van der Waals surface area contributed by atoms with Crippen LogP contribution in [0.4, 0.5) is 4.79 Å². The van der Waals surface area contributed by atoms with Crippen LogP contribution in [0.3, 0.4) is 0 Å². The Kier molecular flexibility index (Phi) is 6.41. The number of hydrogen-bond donors (Lipinski definition) is 1. The summed E-state index contributed by atoms with van der Waals surface area (Å²) in [6.45, 7) is 4.68. The van der Waals surface area contributed by atoms with Crippen LogP contribution in [0.15, 0.2) is 28.7 Å². The molecule has 8 heteroatoms. The number of amides is 1. The quantitative estimate of drug-likeness (QED) is 0.586. The summed E-state index contributed by atoms with van der Waals surface area (Å²) >= 11 is 3.28. The number of nitrogens with zero attached hydrogens (tertiary/aromatic N) is 1. The summed E-state index contributed by atoms with van der Waals surface area (Å²) in [5, 5.41) is 9.82. The Bertz CT molecular complexity index is 682. The standard InChI is InChI=1S/C18H22BrNO6/c1-18(2,3)26-17(24)20-9-13(21)8-14(20)16(23)25-10-15(22)11-4-6-12(19)7-5-11/h4-7,13-14,21H,8-10H2,1-3H3/t13?,14-/m0/s1. The molecule has 0 bridgehead atoms. The number of likely N-dealkylation sites (tertiary alicyclic amines) is 1. The number of ketones is 1. The van der Waals surface area contributed by atoms with Gasteiger partial charge in [-0.1, -0.05) is 28.1 Å². The average molecular weight is 428 g/mol. The van der Waals surface area contributed by atoms with Crippen molar-refractivity contribution >= 4 is 33.8 Å². The van der Waals surface area contributed by atoms with Crippen molar-refractivity contribution < 1.29 is 29.0 Å². The van der Waals surface area contributed by atoms with E-state index in [0.717, 1.165) is 9.37 Å². The van der Waals surface area contributed by atoms with Gasteiger partial charge in [0.25, 0.3) is 0 Å². The molecule has 7 nitrogen and oxygen atoms in total. The molecule has 0 spiro atoms. The molecule has 0 aliphatic carbocycles. The summed E-state index contributed by atoms with van der Waals surface area (Å²) in [7, 11) is 0. The molecular formula is C18H22BrNO6. The largest absolute Gasteiger partial charge is 0.456 e. The molecular weight excluding hydrogens is 406 g/mol. The molecule has 26 heavy (non-hydrogen) atoms. The highest BCUT2D eigenvalue weighted by molar-refractivity contribution is 9.10. The van der Waals surface area contributed by atoms with Gasteiger partial charge in [0.1, 0.15) is 11.6 Å². The number of rotatable bonds is 4. The number of carbonyl (C=O) groups is 3. The van der Waals surface area contributed by atoms with Crippen molar-refractivity contribution in [3.63, 3.8) is 0 Å². The van der Waals surface area contributed by atoms with Gasteiger partial charge in [-0.15, -0.1) is 0 Å². The fourth-order valence-electron chi connectivity index (χ4n) is 2.51. The molecule has 0 saturated carbocycles. The van der Waals surface area contributed by atoms with Gasteiger partial charge in [0.15, 0.2) is 12.4 Å². The van der Waals surface area contributed by atoms with E-state index in [-0.39, 0.29) is 18.7 Å². The van der Waals surface area contributed by atoms with E-state index in [1.54, 1.807) is 45.0 Å². The van der Waals surface area contributed by atoms with E-state index in [1.807, 2.05) is 0 Å². The molecule has 1 N–H and O–H groups in total. The van der Waals surface area contributed by atoms with Crippen molar-refractivity contribution in [2.45, 2.75) is 44.9 Å². The highest BCUT2D eigenvalue weighted by Gasteiger charge is 2.42. The SMILES string of the molecule is CC(C)(C)OC(=O)N1CC(O)C[C@H]1C(=O)OCC(=O)c1ccc(Br)cc1. The van der Waals surface area contributed by atoms with E-state index in [0.29, 0.717) is 5.56 Å². The van der Waals surface area contributed by atoms with E-state index in [9.17, 15) is 19.5 Å². The molecule has 1 amide bonds. The fourth-order valence-corrected chi connectivity index (χ4v) is 2.78. The number of benzene rings is 1. The van der Waals surface area contributed by atoms with Crippen LogP contribution in [0, 0.1) is 0 Å². The first-order valence-corrected chi connectivity index (χ1v) is 8.99. The Hall–Kier alpha value is -1.93. The van der Waals surface area contributed by atoms with Crippen molar-refractivity contribution in [3.8, 4) is 0 Å². The third-order valence-electron chi connectivity index (χ3n) is 3.69. The highest BCUT2D eigenvalue weighted by Crippen LogP contribution is 2.22. The van der Waals surface area contributed by atoms with Gasteiger partial charge >= 0.3 is 12.1 Å². The number of β-amino-alcohol motifs (C(OH)–C–C–N with tert-alkyl or cyclic N) is 1. The van der Waals surface area contributed by atoms with E-state index in [4.69, 9.17) is 9.47 Å². The minimum atomic E-state index is -0.974. The van der Waals surface area contributed by atoms with Gasteiger partial charge in [-0.3, -0.25) is 9.69 Å². The van der Waals surface area contributed by atoms with Crippen LogP contribution in [0.2, 0.25) is 0 Å². The Morgan fingerprint density at radius 1 is 1.23 bits per heavy atom. The summed E-state index contributed by atoms with van der Waals surface area (Å²) in [4.78, 5) is 37.8. The third kappa shape index (κ3) is 5.54. The van der Waals surface area contributed by atoms with Crippen LogP contribution >= 0.6 is 15.9 Å². The average Bonchev–Trinajstić information content (AvgIpc) is 2.93. The van der Waals surface area contributed by atoms with Crippen LogP contribution in [0.5, 0.6) is 0 Å². The van der Waals surface area contributed by atoms with E-state index >= 15 is 0 Å².